The standard InChI is InChI=1S/C12H21NO2/c1-9-4-10(2)6-11(3,5-9)12(14,15)13(7-9)8-10/h14-15H,4-8H2,1-3H3/t9-,10+,11?. The van der Waals surface area contributed by atoms with Gasteiger partial charge < -0.3 is 10.2 Å². The van der Waals surface area contributed by atoms with Gasteiger partial charge in [0.2, 0.25) is 5.91 Å². The third kappa shape index (κ3) is 1.07. The molecule has 0 radical (unpaired) electrons. The molecule has 15 heavy (non-hydrogen) atoms. The van der Waals surface area contributed by atoms with Crippen LogP contribution in [0.1, 0.15) is 40.0 Å². The van der Waals surface area contributed by atoms with Gasteiger partial charge >= 0.3 is 0 Å². The zero-order valence-electron chi connectivity index (χ0n) is 9.88. The van der Waals surface area contributed by atoms with Crippen LogP contribution in [0.25, 0.3) is 0 Å². The molecule has 3 saturated heterocycles. The lowest BCUT2D eigenvalue weighted by molar-refractivity contribution is -0.404. The van der Waals surface area contributed by atoms with Crippen LogP contribution in [0.4, 0.5) is 0 Å². The molecule has 86 valence electrons. The quantitative estimate of drug-likeness (QED) is 0.591. The van der Waals surface area contributed by atoms with Crippen LogP contribution in [0.3, 0.4) is 0 Å². The van der Waals surface area contributed by atoms with E-state index in [-0.39, 0.29) is 16.2 Å². The first-order valence-corrected chi connectivity index (χ1v) is 5.88. The topological polar surface area (TPSA) is 43.7 Å². The second-order valence-electron chi connectivity index (χ2n) is 7.20. The highest BCUT2D eigenvalue weighted by Gasteiger charge is 2.68. The predicted octanol–water partition coefficient (Wildman–Crippen LogP) is 1.16. The van der Waals surface area contributed by atoms with Crippen molar-refractivity contribution in [1.29, 1.82) is 0 Å². The minimum Gasteiger partial charge on any atom is -0.353 e. The smallest absolute Gasteiger partial charge is 0.230 e. The van der Waals surface area contributed by atoms with Crippen LogP contribution < -0.4 is 0 Å². The maximum Gasteiger partial charge on any atom is 0.230 e. The van der Waals surface area contributed by atoms with E-state index in [9.17, 15) is 10.2 Å². The van der Waals surface area contributed by atoms with E-state index in [1.807, 2.05) is 11.8 Å². The highest BCUT2D eigenvalue weighted by molar-refractivity contribution is 5.13. The minimum atomic E-state index is -1.58. The Morgan fingerprint density at radius 3 is 1.73 bits per heavy atom. The van der Waals surface area contributed by atoms with Crippen molar-refractivity contribution in [2.45, 2.75) is 45.9 Å². The van der Waals surface area contributed by atoms with E-state index in [1.54, 1.807) is 0 Å². The second kappa shape index (κ2) is 2.27. The number of rotatable bonds is 0. The highest BCUT2D eigenvalue weighted by atomic mass is 16.5. The number of hydrogen-bond acceptors (Lipinski definition) is 3. The van der Waals surface area contributed by atoms with Gasteiger partial charge in [-0.15, -0.1) is 0 Å². The Morgan fingerprint density at radius 1 is 0.867 bits per heavy atom. The summed E-state index contributed by atoms with van der Waals surface area (Å²) >= 11 is 0. The molecule has 0 amide bonds. The van der Waals surface area contributed by atoms with Crippen LogP contribution in [0.5, 0.6) is 0 Å². The molecule has 2 unspecified atom stereocenters. The Balaban J connectivity index is 2.10. The first-order chi connectivity index (χ1) is 6.68. The van der Waals surface area contributed by atoms with Crippen LogP contribution >= 0.6 is 0 Å². The van der Waals surface area contributed by atoms with Gasteiger partial charge in [-0.3, -0.25) is 4.90 Å². The molecule has 1 saturated carbocycles. The maximum atomic E-state index is 10.3. The van der Waals surface area contributed by atoms with E-state index in [4.69, 9.17) is 0 Å². The Hall–Kier alpha value is -0.120. The summed E-state index contributed by atoms with van der Waals surface area (Å²) in [6, 6.07) is 0. The largest absolute Gasteiger partial charge is 0.353 e. The van der Waals surface area contributed by atoms with Crippen molar-refractivity contribution in [2.24, 2.45) is 16.2 Å². The van der Waals surface area contributed by atoms with E-state index in [2.05, 4.69) is 13.8 Å². The summed E-state index contributed by atoms with van der Waals surface area (Å²) in [7, 11) is 0. The lowest BCUT2D eigenvalue weighted by Gasteiger charge is -2.70. The van der Waals surface area contributed by atoms with Gasteiger partial charge in [0.15, 0.2) is 0 Å². The first-order valence-electron chi connectivity index (χ1n) is 5.88. The summed E-state index contributed by atoms with van der Waals surface area (Å²) in [5, 5.41) is 20.5. The van der Waals surface area contributed by atoms with Crippen LogP contribution in [0.2, 0.25) is 0 Å². The van der Waals surface area contributed by atoms with Crippen LogP contribution in [-0.4, -0.2) is 34.1 Å². The first kappa shape index (κ1) is 10.1. The average Bonchev–Trinajstić information content (AvgIpc) is 1.94. The van der Waals surface area contributed by atoms with Crippen LogP contribution in [0, 0.1) is 16.2 Å². The summed E-state index contributed by atoms with van der Waals surface area (Å²) in [6.45, 7) is 8.30. The van der Waals surface area contributed by atoms with Crippen LogP contribution in [0.15, 0.2) is 0 Å². The summed E-state index contributed by atoms with van der Waals surface area (Å²) in [5.74, 6) is -1.58. The maximum absolute atomic E-state index is 10.3. The third-order valence-electron chi connectivity index (χ3n) is 4.88. The number of nitrogens with zero attached hydrogens (tertiary/aromatic N) is 1. The lowest BCUT2D eigenvalue weighted by Crippen LogP contribution is -2.76. The Bertz CT molecular complexity index is 308. The van der Waals surface area contributed by atoms with E-state index in [0.29, 0.717) is 0 Å². The molecule has 4 atom stereocenters. The van der Waals surface area contributed by atoms with Crippen molar-refractivity contribution in [3.05, 3.63) is 0 Å². The van der Waals surface area contributed by atoms with E-state index >= 15 is 0 Å². The van der Waals surface area contributed by atoms with Crippen molar-refractivity contribution < 1.29 is 10.2 Å². The molecule has 0 aromatic rings. The molecule has 2 N–H and O–H groups in total. The van der Waals surface area contributed by atoms with Crippen molar-refractivity contribution in [2.75, 3.05) is 13.1 Å². The molecule has 4 aliphatic rings. The molecule has 4 rings (SSSR count). The SMILES string of the molecule is CC12C[C@]3(C)CN(C[C@](C)(C1)C3)C2(O)O. The third-order valence-corrected chi connectivity index (χ3v) is 4.88. The average molecular weight is 211 g/mol. The molecule has 1 aliphatic carbocycles. The fourth-order valence-corrected chi connectivity index (χ4v) is 5.14. The summed E-state index contributed by atoms with van der Waals surface area (Å²) < 4.78 is 0. The van der Waals surface area contributed by atoms with E-state index < -0.39 is 5.91 Å². The molecular formula is C12H21NO2. The van der Waals surface area contributed by atoms with Gasteiger partial charge in [-0.25, -0.2) is 0 Å². The van der Waals surface area contributed by atoms with Gasteiger partial charge in [0.1, 0.15) is 0 Å². The van der Waals surface area contributed by atoms with E-state index in [1.165, 1.54) is 6.42 Å². The predicted molar refractivity (Wildman–Crippen MR) is 56.9 cm³/mol. The number of piperidine rings is 3. The molecule has 3 heterocycles. The summed E-state index contributed by atoms with van der Waals surface area (Å²) in [4.78, 5) is 1.89. The molecule has 0 aromatic carbocycles. The molecule has 0 aromatic heterocycles. The van der Waals surface area contributed by atoms with Crippen LogP contribution in [-0.2, 0) is 0 Å². The van der Waals surface area contributed by atoms with Gasteiger partial charge in [0, 0.05) is 18.5 Å². The Labute approximate surface area is 91.1 Å². The fraction of sp³-hybridized carbons (Fsp3) is 1.00. The molecule has 3 heteroatoms. The van der Waals surface area contributed by atoms with Crippen molar-refractivity contribution in [1.82, 2.24) is 4.90 Å². The van der Waals surface area contributed by atoms with Gasteiger partial charge in [0.05, 0.1) is 0 Å². The summed E-state index contributed by atoms with van der Waals surface area (Å²) in [5.41, 5.74) is 0.231. The normalized spacial score (nSPS) is 61.0. The molecule has 4 bridgehead atoms. The molecule has 3 nitrogen and oxygen atoms in total. The lowest BCUT2D eigenvalue weighted by atomic mass is 9.48. The highest BCUT2D eigenvalue weighted by Crippen LogP contribution is 2.65. The van der Waals surface area contributed by atoms with Gasteiger partial charge in [-0.1, -0.05) is 20.8 Å². The zero-order valence-corrected chi connectivity index (χ0v) is 9.88. The minimum absolute atomic E-state index is 0.287. The zero-order chi connectivity index (χ0) is 11.1. The fourth-order valence-electron chi connectivity index (χ4n) is 5.14. The number of hydrogen-bond donors (Lipinski definition) is 2. The Morgan fingerprint density at radius 2 is 1.33 bits per heavy atom. The van der Waals surface area contributed by atoms with Gasteiger partial charge in [-0.2, -0.15) is 0 Å². The molecular weight excluding hydrogens is 190 g/mol. The number of aliphatic hydroxyl groups is 2. The molecule has 4 fully saturated rings. The Kier molecular flexibility index (Phi) is 1.52. The van der Waals surface area contributed by atoms with Gasteiger partial charge in [-0.05, 0) is 30.1 Å². The van der Waals surface area contributed by atoms with Crippen molar-refractivity contribution >= 4 is 0 Å². The summed E-state index contributed by atoms with van der Waals surface area (Å²) in [6.07, 6.45) is 3.13. The van der Waals surface area contributed by atoms with Crippen molar-refractivity contribution in [3.63, 3.8) is 0 Å². The molecule has 3 aliphatic heterocycles. The van der Waals surface area contributed by atoms with E-state index in [0.717, 1.165) is 25.9 Å². The monoisotopic (exact) mass is 211 g/mol. The van der Waals surface area contributed by atoms with Gasteiger partial charge in [0.25, 0.3) is 0 Å². The molecule has 0 spiro atoms. The second-order valence-corrected chi connectivity index (χ2v) is 7.20. The van der Waals surface area contributed by atoms with Crippen molar-refractivity contribution in [3.8, 4) is 0 Å².